The highest BCUT2D eigenvalue weighted by molar-refractivity contribution is 7.92. The van der Waals surface area contributed by atoms with E-state index in [1.54, 1.807) is 12.1 Å². The van der Waals surface area contributed by atoms with E-state index in [1.165, 1.54) is 12.1 Å². The van der Waals surface area contributed by atoms with Crippen LogP contribution in [0.4, 0.5) is 4.39 Å². The monoisotopic (exact) mass is 384 g/mol. The summed E-state index contributed by atoms with van der Waals surface area (Å²) in [6, 6.07) is 5.70. The van der Waals surface area contributed by atoms with Crippen molar-refractivity contribution in [2.45, 2.75) is 43.8 Å². The summed E-state index contributed by atoms with van der Waals surface area (Å²) in [5, 5.41) is 2.25. The second kappa shape index (κ2) is 9.12. The first-order valence-electron chi connectivity index (χ1n) is 8.80. The largest absolute Gasteiger partial charge is 0.369 e. The second-order valence-corrected chi connectivity index (χ2v) is 9.16. The number of amides is 2. The van der Waals surface area contributed by atoms with Crippen LogP contribution in [0.5, 0.6) is 0 Å². The molecule has 1 atom stereocenters. The average Bonchev–Trinajstić information content (AvgIpc) is 3.14. The Labute approximate surface area is 153 Å². The SMILES string of the molecule is NC(=O)C(CNC(=O)CCS(=O)(=O)C1CCCC1)Cc1ccc(F)cc1. The maximum absolute atomic E-state index is 12.9. The molecule has 1 unspecified atom stereocenters. The van der Waals surface area contributed by atoms with Crippen LogP contribution < -0.4 is 11.1 Å². The smallest absolute Gasteiger partial charge is 0.222 e. The Morgan fingerprint density at radius 3 is 2.38 bits per heavy atom. The molecule has 0 bridgehead atoms. The van der Waals surface area contributed by atoms with Crippen molar-refractivity contribution in [2.24, 2.45) is 11.7 Å². The Morgan fingerprint density at radius 1 is 1.19 bits per heavy atom. The van der Waals surface area contributed by atoms with Gasteiger partial charge in [-0.1, -0.05) is 25.0 Å². The van der Waals surface area contributed by atoms with Gasteiger partial charge in [0.2, 0.25) is 11.8 Å². The molecule has 1 aliphatic rings. The Bertz CT molecular complexity index is 728. The van der Waals surface area contributed by atoms with Crippen LogP contribution in [-0.4, -0.2) is 37.8 Å². The molecule has 1 saturated carbocycles. The zero-order valence-electron chi connectivity index (χ0n) is 14.6. The highest BCUT2D eigenvalue weighted by Gasteiger charge is 2.29. The molecule has 1 fully saturated rings. The maximum Gasteiger partial charge on any atom is 0.222 e. The molecule has 1 aromatic rings. The Hall–Kier alpha value is -1.96. The number of carbonyl (C=O) groups excluding carboxylic acids is 2. The van der Waals surface area contributed by atoms with Crippen LogP contribution in [0.3, 0.4) is 0 Å². The lowest BCUT2D eigenvalue weighted by atomic mass is 9.98. The van der Waals surface area contributed by atoms with Crippen LogP contribution in [-0.2, 0) is 25.8 Å². The summed E-state index contributed by atoms with van der Waals surface area (Å²) < 4.78 is 37.3. The van der Waals surface area contributed by atoms with E-state index < -0.39 is 27.6 Å². The van der Waals surface area contributed by atoms with Crippen molar-refractivity contribution >= 4 is 21.7 Å². The second-order valence-electron chi connectivity index (χ2n) is 6.76. The first-order chi connectivity index (χ1) is 12.3. The maximum atomic E-state index is 12.9. The van der Waals surface area contributed by atoms with Crippen molar-refractivity contribution < 1.29 is 22.4 Å². The number of carbonyl (C=O) groups is 2. The van der Waals surface area contributed by atoms with Crippen LogP contribution >= 0.6 is 0 Å². The first-order valence-corrected chi connectivity index (χ1v) is 10.5. The van der Waals surface area contributed by atoms with Gasteiger partial charge in [-0.05, 0) is 37.0 Å². The number of benzene rings is 1. The summed E-state index contributed by atoms with van der Waals surface area (Å²) in [5.41, 5.74) is 6.10. The lowest BCUT2D eigenvalue weighted by molar-refractivity contribution is -0.123. The molecular weight excluding hydrogens is 359 g/mol. The molecule has 2 amide bonds. The fraction of sp³-hybridized carbons (Fsp3) is 0.556. The molecule has 1 aromatic carbocycles. The fourth-order valence-corrected chi connectivity index (χ4v) is 5.01. The van der Waals surface area contributed by atoms with Crippen molar-refractivity contribution in [3.05, 3.63) is 35.6 Å². The molecule has 3 N–H and O–H groups in total. The summed E-state index contributed by atoms with van der Waals surface area (Å²) in [6.45, 7) is 0.0228. The molecule has 0 heterocycles. The van der Waals surface area contributed by atoms with Gasteiger partial charge >= 0.3 is 0 Å². The van der Waals surface area contributed by atoms with Gasteiger partial charge in [0.05, 0.1) is 16.9 Å². The number of primary amides is 1. The van der Waals surface area contributed by atoms with E-state index >= 15 is 0 Å². The minimum atomic E-state index is -3.25. The van der Waals surface area contributed by atoms with E-state index in [4.69, 9.17) is 5.73 Å². The third kappa shape index (κ3) is 6.09. The molecule has 144 valence electrons. The number of rotatable bonds is 9. The molecule has 1 aliphatic carbocycles. The van der Waals surface area contributed by atoms with Crippen LogP contribution in [0.25, 0.3) is 0 Å². The van der Waals surface area contributed by atoms with Gasteiger partial charge in [0.15, 0.2) is 9.84 Å². The molecule has 26 heavy (non-hydrogen) atoms. The van der Waals surface area contributed by atoms with E-state index in [1.807, 2.05) is 0 Å². The minimum absolute atomic E-state index is 0.0228. The van der Waals surface area contributed by atoms with Gasteiger partial charge in [-0.25, -0.2) is 12.8 Å². The third-order valence-corrected chi connectivity index (χ3v) is 7.03. The Morgan fingerprint density at radius 2 is 1.81 bits per heavy atom. The van der Waals surface area contributed by atoms with Crippen molar-refractivity contribution in [1.82, 2.24) is 5.32 Å². The summed E-state index contributed by atoms with van der Waals surface area (Å²) in [4.78, 5) is 23.5. The molecule has 0 radical (unpaired) electrons. The van der Waals surface area contributed by atoms with Crippen LogP contribution in [0.1, 0.15) is 37.7 Å². The molecular formula is C18H25FN2O4S. The normalized spacial score (nSPS) is 16.3. The van der Waals surface area contributed by atoms with Gasteiger partial charge < -0.3 is 11.1 Å². The summed E-state index contributed by atoms with van der Waals surface area (Å²) in [6.07, 6.45) is 3.33. The third-order valence-electron chi connectivity index (χ3n) is 4.77. The number of hydrogen-bond donors (Lipinski definition) is 2. The Balaban J connectivity index is 1.81. The zero-order valence-corrected chi connectivity index (χ0v) is 15.4. The van der Waals surface area contributed by atoms with Crippen LogP contribution in [0, 0.1) is 11.7 Å². The zero-order chi connectivity index (χ0) is 19.2. The van der Waals surface area contributed by atoms with Gasteiger partial charge in [-0.15, -0.1) is 0 Å². The first kappa shape index (κ1) is 20.4. The van der Waals surface area contributed by atoms with E-state index in [-0.39, 0.29) is 36.2 Å². The van der Waals surface area contributed by atoms with E-state index in [0.29, 0.717) is 12.8 Å². The molecule has 6 nitrogen and oxygen atoms in total. The van der Waals surface area contributed by atoms with Gasteiger partial charge in [-0.3, -0.25) is 9.59 Å². The highest BCUT2D eigenvalue weighted by atomic mass is 32.2. The average molecular weight is 384 g/mol. The van der Waals surface area contributed by atoms with E-state index in [0.717, 1.165) is 18.4 Å². The number of nitrogens with one attached hydrogen (secondary N) is 1. The van der Waals surface area contributed by atoms with Gasteiger partial charge in [-0.2, -0.15) is 0 Å². The fourth-order valence-electron chi connectivity index (χ4n) is 3.15. The lowest BCUT2D eigenvalue weighted by Gasteiger charge is -2.15. The van der Waals surface area contributed by atoms with Crippen molar-refractivity contribution in [3.8, 4) is 0 Å². The molecule has 0 spiro atoms. The standard InChI is InChI=1S/C18H25FN2O4S/c19-15-7-5-13(6-8-15)11-14(18(20)23)12-21-17(22)9-10-26(24,25)16-3-1-2-4-16/h5-8,14,16H,1-4,9-12H2,(H2,20,23)(H,21,22). The molecule has 8 heteroatoms. The quantitative estimate of drug-likeness (QED) is 0.670. The molecule has 0 aliphatic heterocycles. The lowest BCUT2D eigenvalue weighted by Crippen LogP contribution is -2.38. The number of sulfone groups is 1. The van der Waals surface area contributed by atoms with Crippen LogP contribution in [0.2, 0.25) is 0 Å². The summed E-state index contributed by atoms with van der Waals surface area (Å²) in [5.74, 6) is -2.19. The van der Waals surface area contributed by atoms with E-state index in [2.05, 4.69) is 5.32 Å². The van der Waals surface area contributed by atoms with Crippen molar-refractivity contribution in [2.75, 3.05) is 12.3 Å². The predicted molar refractivity (Wildman–Crippen MR) is 96.5 cm³/mol. The van der Waals surface area contributed by atoms with Gasteiger partial charge in [0, 0.05) is 13.0 Å². The highest BCUT2D eigenvalue weighted by Crippen LogP contribution is 2.25. The molecule has 2 rings (SSSR count). The van der Waals surface area contributed by atoms with E-state index in [9.17, 15) is 22.4 Å². The van der Waals surface area contributed by atoms with Gasteiger partial charge in [0.1, 0.15) is 5.82 Å². The van der Waals surface area contributed by atoms with Crippen molar-refractivity contribution in [1.29, 1.82) is 0 Å². The number of nitrogens with two attached hydrogens (primary N) is 1. The summed E-state index contributed by atoms with van der Waals surface area (Å²) in [7, 11) is -3.25. The summed E-state index contributed by atoms with van der Waals surface area (Å²) >= 11 is 0. The molecule has 0 aromatic heterocycles. The van der Waals surface area contributed by atoms with Crippen LogP contribution in [0.15, 0.2) is 24.3 Å². The predicted octanol–water partition coefficient (Wildman–Crippen LogP) is 1.33. The Kier molecular flexibility index (Phi) is 7.14. The molecule has 0 saturated heterocycles. The minimum Gasteiger partial charge on any atom is -0.369 e. The number of halogens is 1. The number of hydrogen-bond acceptors (Lipinski definition) is 4. The van der Waals surface area contributed by atoms with Crippen molar-refractivity contribution in [3.63, 3.8) is 0 Å². The van der Waals surface area contributed by atoms with Gasteiger partial charge in [0.25, 0.3) is 0 Å². The topological polar surface area (TPSA) is 106 Å².